The number of benzene rings is 2. The molecule has 0 saturated carbocycles. The number of hydrogen-bond acceptors (Lipinski definition) is 10. The largest absolute Gasteiger partial charge is 0.382 e. The van der Waals surface area contributed by atoms with Gasteiger partial charge in [0.1, 0.15) is 6.10 Å². The second kappa shape index (κ2) is 19.7. The van der Waals surface area contributed by atoms with Crippen molar-refractivity contribution in [3.63, 3.8) is 0 Å². The zero-order valence-electron chi connectivity index (χ0n) is 26.8. The minimum Gasteiger partial charge on any atom is -0.382 e. The Morgan fingerprint density at radius 1 is 0.979 bits per heavy atom. The van der Waals surface area contributed by atoms with Crippen molar-refractivity contribution < 1.29 is 42.4 Å². The predicted molar refractivity (Wildman–Crippen MR) is 178 cm³/mol. The Morgan fingerprint density at radius 2 is 1.64 bits per heavy atom. The SMILES string of the molecule is CCCCC(=O)[C@H](O)[C@@H](O)C(=O)NCCOCCOCCOCCNS(=O)(=O)c1cccc([C@@H]2CN(C)Cc3c(Cl)cc(Cl)cc32)c1. The number of nitrogens with zero attached hydrogens (tertiary/aromatic N) is 1. The lowest BCUT2D eigenvalue weighted by Crippen LogP contribution is -2.46. The summed E-state index contributed by atoms with van der Waals surface area (Å²) in [6.45, 7) is 4.80. The Balaban J connectivity index is 1.29. The molecule has 0 unspecified atom stereocenters. The number of likely N-dealkylation sites (N-methyl/N-ethyl adjacent to an activating group) is 1. The van der Waals surface area contributed by atoms with E-state index in [0.29, 0.717) is 29.6 Å². The first-order valence-corrected chi connectivity index (χ1v) is 17.8. The quantitative estimate of drug-likeness (QED) is 0.141. The first-order valence-electron chi connectivity index (χ1n) is 15.6. The van der Waals surface area contributed by atoms with Crippen LogP contribution in [0, 0.1) is 0 Å². The topological polar surface area (TPSA) is 164 Å². The van der Waals surface area contributed by atoms with Gasteiger partial charge in [0.15, 0.2) is 11.9 Å². The maximum Gasteiger partial charge on any atom is 0.252 e. The molecular weight excluding hydrogens is 673 g/mol. The van der Waals surface area contributed by atoms with Crippen LogP contribution in [0.15, 0.2) is 41.3 Å². The van der Waals surface area contributed by atoms with Gasteiger partial charge in [0.2, 0.25) is 10.0 Å². The molecule has 47 heavy (non-hydrogen) atoms. The van der Waals surface area contributed by atoms with E-state index in [9.17, 15) is 28.2 Å². The van der Waals surface area contributed by atoms with Crippen molar-refractivity contribution in [1.29, 1.82) is 0 Å². The molecule has 1 amide bonds. The van der Waals surface area contributed by atoms with Crippen molar-refractivity contribution in [2.75, 3.05) is 66.3 Å². The van der Waals surface area contributed by atoms with Gasteiger partial charge in [0, 0.05) is 48.6 Å². The standard InChI is InChI=1S/C32H45Cl2N3O9S/c1-3-4-8-29(38)30(39)31(40)32(41)35-9-11-44-13-15-46-16-14-45-12-10-36-47(42,43)24-7-5-6-22(17-24)26-20-37(2)21-27-25(26)18-23(33)19-28(27)34/h5-7,17-19,26,30-31,36,39-40H,3-4,8-16,20-21H2,1-2H3,(H,35,41)/t26-,30-,31+/m0/s1. The van der Waals surface area contributed by atoms with Gasteiger partial charge >= 0.3 is 0 Å². The Kier molecular flexibility index (Phi) is 16.5. The van der Waals surface area contributed by atoms with Gasteiger partial charge in [0.05, 0.1) is 44.5 Å². The number of hydrogen-bond donors (Lipinski definition) is 4. The highest BCUT2D eigenvalue weighted by molar-refractivity contribution is 7.89. The summed E-state index contributed by atoms with van der Waals surface area (Å²) in [5.74, 6) is -1.50. The van der Waals surface area contributed by atoms with Crippen molar-refractivity contribution in [2.45, 2.75) is 55.8 Å². The van der Waals surface area contributed by atoms with E-state index in [1.165, 1.54) is 0 Å². The van der Waals surface area contributed by atoms with Crippen molar-refractivity contribution >= 4 is 44.9 Å². The molecule has 0 aromatic heterocycles. The second-order valence-electron chi connectivity index (χ2n) is 11.3. The van der Waals surface area contributed by atoms with Gasteiger partial charge in [-0.3, -0.25) is 9.59 Å². The zero-order chi connectivity index (χ0) is 34.4. The molecule has 0 radical (unpaired) electrons. The van der Waals surface area contributed by atoms with Gasteiger partial charge in [-0.05, 0) is 54.4 Å². The molecule has 3 atom stereocenters. The predicted octanol–water partition coefficient (Wildman–Crippen LogP) is 2.50. The number of ketones is 1. The maximum absolute atomic E-state index is 13.0. The van der Waals surface area contributed by atoms with Crippen LogP contribution in [0.1, 0.15) is 48.8 Å². The number of carbonyl (C=O) groups is 2. The molecule has 0 spiro atoms. The number of halogens is 2. The summed E-state index contributed by atoms with van der Waals surface area (Å²) in [6, 6.07) is 10.5. The number of amides is 1. The Bertz CT molecular complexity index is 1430. The number of aliphatic hydroxyl groups excluding tert-OH is 2. The monoisotopic (exact) mass is 717 g/mol. The maximum atomic E-state index is 13.0. The summed E-state index contributed by atoms with van der Waals surface area (Å²) in [4.78, 5) is 26.0. The fourth-order valence-corrected chi connectivity index (χ4v) is 6.71. The van der Waals surface area contributed by atoms with Gasteiger partial charge in [-0.1, -0.05) is 48.7 Å². The summed E-state index contributed by atoms with van der Waals surface area (Å²) >= 11 is 12.8. The third kappa shape index (κ3) is 12.3. The van der Waals surface area contributed by atoms with Crippen LogP contribution >= 0.6 is 23.2 Å². The van der Waals surface area contributed by atoms with Crippen molar-refractivity contribution in [3.8, 4) is 0 Å². The minimum atomic E-state index is -3.77. The van der Waals surface area contributed by atoms with Gasteiger partial charge < -0.3 is 34.6 Å². The van der Waals surface area contributed by atoms with E-state index in [1.807, 2.05) is 26.1 Å². The third-order valence-electron chi connectivity index (χ3n) is 7.57. The average molecular weight is 719 g/mol. The molecule has 3 rings (SSSR count). The first kappa shape index (κ1) is 39.3. The highest BCUT2D eigenvalue weighted by Crippen LogP contribution is 2.38. The summed E-state index contributed by atoms with van der Waals surface area (Å²) in [5, 5.41) is 23.2. The number of nitrogens with one attached hydrogen (secondary N) is 2. The molecule has 0 aliphatic carbocycles. The van der Waals surface area contributed by atoms with Crippen molar-refractivity contribution in [3.05, 3.63) is 63.1 Å². The van der Waals surface area contributed by atoms with E-state index in [1.54, 1.807) is 24.3 Å². The molecule has 1 aliphatic rings. The van der Waals surface area contributed by atoms with E-state index in [-0.39, 0.29) is 70.0 Å². The zero-order valence-corrected chi connectivity index (χ0v) is 29.1. The highest BCUT2D eigenvalue weighted by Gasteiger charge is 2.30. The van der Waals surface area contributed by atoms with E-state index in [4.69, 9.17) is 37.4 Å². The van der Waals surface area contributed by atoms with Gasteiger partial charge in [-0.2, -0.15) is 0 Å². The number of ether oxygens (including phenoxy) is 3. The van der Waals surface area contributed by atoms with Gasteiger partial charge in [-0.25, -0.2) is 13.1 Å². The molecule has 1 heterocycles. The number of unbranched alkanes of at least 4 members (excludes halogenated alkanes) is 1. The normalized spacial score (nSPS) is 16.4. The Morgan fingerprint density at radius 3 is 2.32 bits per heavy atom. The summed E-state index contributed by atoms with van der Waals surface area (Å²) < 4.78 is 44.8. The van der Waals surface area contributed by atoms with Crippen LogP contribution in [-0.4, -0.2) is 114 Å². The Hall–Kier alpha value is -2.17. The van der Waals surface area contributed by atoms with Crippen LogP contribution in [0.5, 0.6) is 0 Å². The molecule has 12 nitrogen and oxygen atoms in total. The summed E-state index contributed by atoms with van der Waals surface area (Å²) in [6.07, 6.45) is -2.12. The lowest BCUT2D eigenvalue weighted by molar-refractivity contribution is -0.145. The lowest BCUT2D eigenvalue weighted by Gasteiger charge is -2.33. The van der Waals surface area contributed by atoms with E-state index >= 15 is 0 Å². The number of sulfonamides is 1. The Labute approximate surface area is 286 Å². The van der Waals surface area contributed by atoms with Gasteiger partial charge in [-0.15, -0.1) is 0 Å². The molecule has 4 N–H and O–H groups in total. The number of aliphatic hydroxyl groups is 2. The van der Waals surface area contributed by atoms with Crippen molar-refractivity contribution in [2.24, 2.45) is 0 Å². The number of carbonyl (C=O) groups excluding carboxylic acids is 2. The first-order chi connectivity index (χ1) is 22.4. The van der Waals surface area contributed by atoms with E-state index < -0.39 is 33.9 Å². The van der Waals surface area contributed by atoms with Gasteiger partial charge in [0.25, 0.3) is 5.91 Å². The summed E-state index contributed by atoms with van der Waals surface area (Å²) in [7, 11) is -1.78. The van der Waals surface area contributed by atoms with Crippen LogP contribution in [0.4, 0.5) is 0 Å². The molecule has 2 aromatic carbocycles. The van der Waals surface area contributed by atoms with Crippen LogP contribution in [0.25, 0.3) is 0 Å². The van der Waals surface area contributed by atoms with Crippen LogP contribution in [0.3, 0.4) is 0 Å². The fourth-order valence-electron chi connectivity index (χ4n) is 5.07. The van der Waals surface area contributed by atoms with E-state index in [2.05, 4.69) is 14.9 Å². The smallest absolute Gasteiger partial charge is 0.252 e. The third-order valence-corrected chi connectivity index (χ3v) is 9.58. The van der Waals surface area contributed by atoms with Crippen molar-refractivity contribution in [1.82, 2.24) is 14.9 Å². The molecule has 0 saturated heterocycles. The number of fused-ring (bicyclic) bond motifs is 1. The lowest BCUT2D eigenvalue weighted by atomic mass is 9.85. The molecule has 15 heteroatoms. The number of Topliss-reactive ketones (excluding diaryl/α,β-unsaturated/α-hetero) is 1. The average Bonchev–Trinajstić information content (AvgIpc) is 3.05. The molecular formula is C32H45Cl2N3O9S. The molecule has 2 aromatic rings. The summed E-state index contributed by atoms with van der Waals surface area (Å²) in [5.41, 5.74) is 2.84. The van der Waals surface area contributed by atoms with E-state index in [0.717, 1.165) is 23.1 Å². The van der Waals surface area contributed by atoms with Crippen LogP contribution in [0.2, 0.25) is 10.0 Å². The molecule has 1 aliphatic heterocycles. The highest BCUT2D eigenvalue weighted by atomic mass is 35.5. The number of rotatable bonds is 21. The molecule has 0 fully saturated rings. The molecule has 0 bridgehead atoms. The fraction of sp³-hybridized carbons (Fsp3) is 0.562. The van der Waals surface area contributed by atoms with Crippen LogP contribution < -0.4 is 10.0 Å². The minimum absolute atomic E-state index is 0.0836. The van der Waals surface area contributed by atoms with Crippen LogP contribution in [-0.2, 0) is 40.4 Å². The second-order valence-corrected chi connectivity index (χ2v) is 13.9. The molecule has 262 valence electrons.